The molecule has 0 spiro atoms. The first-order chi connectivity index (χ1) is 16.0. The number of fused-ring (bicyclic) bond motifs is 1. The Labute approximate surface area is 195 Å². The standard InChI is InChI=1S/C25H34N6O2/c1-5-33-15-7-13-26-25(32)20-8-6-14-30(16-20)24-23-22(18(3)27-28-24)19(4)31(29-23)21-11-9-17(2)10-12-21/h9-12,20H,5-8,13-16H2,1-4H3,(H,26,32)/t20-/m1/s1. The third-order valence-electron chi connectivity index (χ3n) is 6.32. The predicted octanol–water partition coefficient (Wildman–Crippen LogP) is 3.50. The summed E-state index contributed by atoms with van der Waals surface area (Å²) in [7, 11) is 0. The third kappa shape index (κ3) is 5.00. The second kappa shape index (κ2) is 10.3. The summed E-state index contributed by atoms with van der Waals surface area (Å²) < 4.78 is 7.32. The summed E-state index contributed by atoms with van der Waals surface area (Å²) in [6.07, 6.45) is 2.65. The van der Waals surface area contributed by atoms with Gasteiger partial charge in [0.2, 0.25) is 5.91 Å². The summed E-state index contributed by atoms with van der Waals surface area (Å²) in [6.45, 7) is 11.6. The number of carbonyl (C=O) groups is 1. The molecule has 8 nitrogen and oxygen atoms in total. The number of aromatic nitrogens is 4. The lowest BCUT2D eigenvalue weighted by molar-refractivity contribution is -0.125. The lowest BCUT2D eigenvalue weighted by atomic mass is 9.97. The van der Waals surface area contributed by atoms with Crippen LogP contribution in [0.15, 0.2) is 24.3 Å². The van der Waals surface area contributed by atoms with E-state index in [1.165, 1.54) is 5.56 Å². The van der Waals surface area contributed by atoms with Gasteiger partial charge in [-0.2, -0.15) is 10.2 Å². The van der Waals surface area contributed by atoms with E-state index in [-0.39, 0.29) is 11.8 Å². The van der Waals surface area contributed by atoms with Gasteiger partial charge in [0.25, 0.3) is 0 Å². The zero-order valence-electron chi connectivity index (χ0n) is 20.1. The molecule has 33 heavy (non-hydrogen) atoms. The predicted molar refractivity (Wildman–Crippen MR) is 130 cm³/mol. The van der Waals surface area contributed by atoms with Crippen LogP contribution in [0.5, 0.6) is 0 Å². The average Bonchev–Trinajstić information content (AvgIpc) is 3.17. The topological polar surface area (TPSA) is 85.2 Å². The van der Waals surface area contributed by atoms with E-state index in [0.29, 0.717) is 26.3 Å². The highest BCUT2D eigenvalue weighted by atomic mass is 16.5. The van der Waals surface area contributed by atoms with Gasteiger partial charge in [-0.15, -0.1) is 5.10 Å². The molecule has 3 aromatic rings. The molecule has 1 N–H and O–H groups in total. The Bertz CT molecular complexity index is 1110. The van der Waals surface area contributed by atoms with E-state index in [0.717, 1.165) is 59.6 Å². The van der Waals surface area contributed by atoms with Gasteiger partial charge in [0.1, 0.15) is 5.52 Å². The number of amides is 1. The van der Waals surface area contributed by atoms with Gasteiger partial charge in [0, 0.05) is 32.8 Å². The quantitative estimate of drug-likeness (QED) is 0.529. The van der Waals surface area contributed by atoms with Crippen molar-refractivity contribution in [2.24, 2.45) is 5.92 Å². The maximum atomic E-state index is 12.8. The van der Waals surface area contributed by atoms with Gasteiger partial charge in [0.05, 0.1) is 28.4 Å². The van der Waals surface area contributed by atoms with Crippen LogP contribution in [0.3, 0.4) is 0 Å². The number of rotatable bonds is 8. The van der Waals surface area contributed by atoms with Crippen molar-refractivity contribution in [3.8, 4) is 5.69 Å². The molecule has 1 aliphatic rings. The molecule has 0 unspecified atom stereocenters. The van der Waals surface area contributed by atoms with Gasteiger partial charge in [-0.25, -0.2) is 4.68 Å². The molecule has 1 aliphatic heterocycles. The fourth-order valence-electron chi connectivity index (χ4n) is 4.52. The van der Waals surface area contributed by atoms with Crippen molar-refractivity contribution < 1.29 is 9.53 Å². The van der Waals surface area contributed by atoms with Gasteiger partial charge in [-0.05, 0) is 59.1 Å². The van der Waals surface area contributed by atoms with Gasteiger partial charge in [-0.3, -0.25) is 4.79 Å². The Morgan fingerprint density at radius 3 is 2.73 bits per heavy atom. The first-order valence-corrected chi connectivity index (χ1v) is 11.9. The highest BCUT2D eigenvalue weighted by molar-refractivity contribution is 5.92. The fourth-order valence-corrected chi connectivity index (χ4v) is 4.52. The second-order valence-corrected chi connectivity index (χ2v) is 8.79. The van der Waals surface area contributed by atoms with Gasteiger partial charge in [0.15, 0.2) is 5.82 Å². The molecule has 3 heterocycles. The minimum Gasteiger partial charge on any atom is -0.382 e. The molecule has 1 aromatic carbocycles. The number of anilines is 1. The summed E-state index contributed by atoms with van der Waals surface area (Å²) in [5.74, 6) is 0.802. The zero-order chi connectivity index (χ0) is 23.4. The van der Waals surface area contributed by atoms with Crippen LogP contribution in [0.4, 0.5) is 5.82 Å². The average molecular weight is 451 g/mol. The van der Waals surface area contributed by atoms with E-state index in [9.17, 15) is 4.79 Å². The molecular formula is C25H34N6O2. The molecule has 0 radical (unpaired) electrons. The Morgan fingerprint density at radius 1 is 1.18 bits per heavy atom. The summed E-state index contributed by atoms with van der Waals surface area (Å²) >= 11 is 0. The molecule has 1 atom stereocenters. The van der Waals surface area contributed by atoms with Gasteiger partial charge < -0.3 is 15.0 Å². The molecule has 1 fully saturated rings. The summed E-state index contributed by atoms with van der Waals surface area (Å²) in [4.78, 5) is 14.9. The Hall–Kier alpha value is -3.00. The van der Waals surface area contributed by atoms with Gasteiger partial charge >= 0.3 is 0 Å². The van der Waals surface area contributed by atoms with E-state index in [2.05, 4.69) is 58.5 Å². The smallest absolute Gasteiger partial charge is 0.224 e. The van der Waals surface area contributed by atoms with E-state index in [1.54, 1.807) is 0 Å². The fraction of sp³-hybridized carbons (Fsp3) is 0.520. The number of nitrogens with one attached hydrogen (secondary N) is 1. The van der Waals surface area contributed by atoms with Crippen molar-refractivity contribution in [1.82, 2.24) is 25.3 Å². The molecule has 176 valence electrons. The van der Waals surface area contributed by atoms with E-state index >= 15 is 0 Å². The number of carbonyl (C=O) groups excluding carboxylic acids is 1. The maximum absolute atomic E-state index is 12.8. The lowest BCUT2D eigenvalue weighted by Gasteiger charge is -2.32. The highest BCUT2D eigenvalue weighted by Crippen LogP contribution is 2.31. The number of aryl methyl sites for hydroxylation is 3. The number of hydrogen-bond donors (Lipinski definition) is 1. The lowest BCUT2D eigenvalue weighted by Crippen LogP contribution is -2.43. The SMILES string of the molecule is CCOCCCNC(=O)[C@@H]1CCCN(c2nnc(C)c3c(C)n(-c4ccc(C)cc4)nc23)C1. The van der Waals surface area contributed by atoms with Crippen molar-refractivity contribution in [2.45, 2.75) is 47.0 Å². The minimum atomic E-state index is -0.0655. The van der Waals surface area contributed by atoms with Crippen LogP contribution in [0.1, 0.15) is 43.1 Å². The van der Waals surface area contributed by atoms with E-state index in [4.69, 9.17) is 9.84 Å². The van der Waals surface area contributed by atoms with Crippen molar-refractivity contribution in [3.05, 3.63) is 41.2 Å². The third-order valence-corrected chi connectivity index (χ3v) is 6.32. The molecule has 0 bridgehead atoms. The first-order valence-electron chi connectivity index (χ1n) is 11.9. The van der Waals surface area contributed by atoms with E-state index in [1.807, 2.05) is 18.5 Å². The molecule has 0 aliphatic carbocycles. The van der Waals surface area contributed by atoms with Crippen molar-refractivity contribution >= 4 is 22.6 Å². The summed E-state index contributed by atoms with van der Waals surface area (Å²) in [6, 6.07) is 8.34. The molecule has 0 saturated carbocycles. The van der Waals surface area contributed by atoms with Crippen molar-refractivity contribution in [1.29, 1.82) is 0 Å². The van der Waals surface area contributed by atoms with Crippen LogP contribution in [-0.4, -0.2) is 58.7 Å². The second-order valence-electron chi connectivity index (χ2n) is 8.79. The molecule has 2 aromatic heterocycles. The maximum Gasteiger partial charge on any atom is 0.224 e. The molecule has 8 heteroatoms. The van der Waals surface area contributed by atoms with E-state index < -0.39 is 0 Å². The number of benzene rings is 1. The van der Waals surface area contributed by atoms with Gasteiger partial charge in [-0.1, -0.05) is 17.7 Å². The zero-order valence-corrected chi connectivity index (χ0v) is 20.1. The first kappa shape index (κ1) is 23.2. The Kier molecular flexibility index (Phi) is 7.23. The minimum absolute atomic E-state index is 0.0655. The van der Waals surface area contributed by atoms with Crippen LogP contribution < -0.4 is 10.2 Å². The summed E-state index contributed by atoms with van der Waals surface area (Å²) in [5, 5.41) is 18.0. The number of piperidine rings is 1. The molecule has 4 rings (SSSR count). The van der Waals surface area contributed by atoms with Crippen molar-refractivity contribution in [2.75, 3.05) is 37.7 Å². The number of hydrogen-bond acceptors (Lipinski definition) is 6. The largest absolute Gasteiger partial charge is 0.382 e. The van der Waals surface area contributed by atoms with Crippen LogP contribution in [0.25, 0.3) is 16.6 Å². The monoisotopic (exact) mass is 450 g/mol. The highest BCUT2D eigenvalue weighted by Gasteiger charge is 2.29. The summed E-state index contributed by atoms with van der Waals surface area (Å²) in [5.41, 5.74) is 4.98. The Balaban J connectivity index is 1.56. The molecule has 1 amide bonds. The van der Waals surface area contributed by atoms with Crippen molar-refractivity contribution in [3.63, 3.8) is 0 Å². The molecular weight excluding hydrogens is 416 g/mol. The molecule has 1 saturated heterocycles. The van der Waals surface area contributed by atoms with Crippen LogP contribution in [0.2, 0.25) is 0 Å². The van der Waals surface area contributed by atoms with Crippen LogP contribution >= 0.6 is 0 Å². The van der Waals surface area contributed by atoms with Crippen LogP contribution in [-0.2, 0) is 9.53 Å². The Morgan fingerprint density at radius 2 is 1.97 bits per heavy atom. The number of nitrogens with zero attached hydrogens (tertiary/aromatic N) is 5. The van der Waals surface area contributed by atoms with Crippen LogP contribution in [0, 0.1) is 26.7 Å². The normalized spacial score (nSPS) is 16.4. The number of ether oxygens (including phenoxy) is 1.